The first-order valence-electron chi connectivity index (χ1n) is 9.64. The number of benzene rings is 1. The van der Waals surface area contributed by atoms with E-state index in [4.69, 9.17) is 14.2 Å². The number of ether oxygens (including phenoxy) is 3. The van der Waals surface area contributed by atoms with Gasteiger partial charge in [0.25, 0.3) is 0 Å². The zero-order valence-electron chi connectivity index (χ0n) is 16.1. The third kappa shape index (κ3) is 5.02. The molecule has 1 atom stereocenters. The van der Waals surface area contributed by atoms with Crippen LogP contribution in [-0.2, 0) is 15.9 Å². The van der Waals surface area contributed by atoms with Gasteiger partial charge in [-0.2, -0.15) is 0 Å². The van der Waals surface area contributed by atoms with Gasteiger partial charge in [0.15, 0.2) is 5.79 Å². The van der Waals surface area contributed by atoms with Gasteiger partial charge >= 0.3 is 0 Å². The minimum absolute atomic E-state index is 0.00381. The van der Waals surface area contributed by atoms with Gasteiger partial charge in [-0.25, -0.2) is 0 Å². The highest BCUT2D eigenvalue weighted by Crippen LogP contribution is 2.42. The van der Waals surface area contributed by atoms with Crippen molar-refractivity contribution < 1.29 is 14.2 Å². The van der Waals surface area contributed by atoms with E-state index < -0.39 is 0 Å². The Labute approximate surface area is 171 Å². The molecule has 1 saturated heterocycles. The highest BCUT2D eigenvalue weighted by molar-refractivity contribution is 9.11. The summed E-state index contributed by atoms with van der Waals surface area (Å²) in [6.07, 6.45) is 7.63. The van der Waals surface area contributed by atoms with Crippen molar-refractivity contribution in [3.8, 4) is 5.75 Å². The Balaban J connectivity index is 1.70. The summed E-state index contributed by atoms with van der Waals surface area (Å²) in [6, 6.07) is 8.36. The van der Waals surface area contributed by atoms with Crippen LogP contribution in [0.5, 0.6) is 5.75 Å². The lowest BCUT2D eigenvalue weighted by Crippen LogP contribution is -2.55. The van der Waals surface area contributed by atoms with E-state index in [0.29, 0.717) is 13.2 Å². The van der Waals surface area contributed by atoms with Crippen molar-refractivity contribution in [2.45, 2.75) is 55.9 Å². The predicted molar refractivity (Wildman–Crippen MR) is 112 cm³/mol. The van der Waals surface area contributed by atoms with Gasteiger partial charge in [-0.1, -0.05) is 40.7 Å². The van der Waals surface area contributed by atoms with Crippen molar-refractivity contribution in [2.75, 3.05) is 20.3 Å². The van der Waals surface area contributed by atoms with Crippen molar-refractivity contribution in [3.05, 3.63) is 53.5 Å². The molecule has 1 aromatic carbocycles. The molecule has 1 aliphatic heterocycles. The smallest absolute Gasteiger partial charge is 0.168 e. The summed E-state index contributed by atoms with van der Waals surface area (Å²) < 4.78 is 18.0. The van der Waals surface area contributed by atoms with E-state index >= 15 is 0 Å². The number of nitrogens with one attached hydrogen (secondary N) is 1. The molecule has 1 spiro atoms. The first-order chi connectivity index (χ1) is 13.0. The van der Waals surface area contributed by atoms with Crippen LogP contribution in [0.2, 0.25) is 0 Å². The zero-order valence-corrected chi connectivity index (χ0v) is 17.7. The summed E-state index contributed by atoms with van der Waals surface area (Å²) in [6.45, 7) is 9.58. The van der Waals surface area contributed by atoms with Gasteiger partial charge in [-0.05, 0) is 43.4 Å². The van der Waals surface area contributed by atoms with Crippen LogP contribution >= 0.6 is 15.9 Å². The van der Waals surface area contributed by atoms with Crippen LogP contribution in [0.1, 0.15) is 37.7 Å². The SMILES string of the molecule is C=CCC1(N[C@@H](Cc2ccc(OC)cc2)C(=C)Br)CCC2(CC1)OCCO2. The van der Waals surface area contributed by atoms with E-state index in [2.05, 4.69) is 46.5 Å². The van der Waals surface area contributed by atoms with E-state index in [1.807, 2.05) is 18.2 Å². The molecule has 0 bridgehead atoms. The normalized spacial score (nSPS) is 21.7. The van der Waals surface area contributed by atoms with Crippen molar-refractivity contribution >= 4 is 15.9 Å². The molecule has 27 heavy (non-hydrogen) atoms. The molecule has 1 N–H and O–H groups in total. The fourth-order valence-corrected chi connectivity index (χ4v) is 4.46. The number of hydrogen-bond acceptors (Lipinski definition) is 4. The van der Waals surface area contributed by atoms with Crippen LogP contribution in [0.15, 0.2) is 48.0 Å². The molecule has 0 aromatic heterocycles. The molecule has 2 aliphatic rings. The average molecular weight is 436 g/mol. The molecule has 1 aliphatic carbocycles. The van der Waals surface area contributed by atoms with Crippen molar-refractivity contribution in [3.63, 3.8) is 0 Å². The van der Waals surface area contributed by atoms with Crippen LogP contribution in [0.4, 0.5) is 0 Å². The summed E-state index contributed by atoms with van der Waals surface area (Å²) in [5, 5.41) is 3.89. The van der Waals surface area contributed by atoms with Crippen LogP contribution < -0.4 is 10.1 Å². The third-order valence-corrected chi connectivity index (χ3v) is 6.33. The largest absolute Gasteiger partial charge is 0.497 e. The Morgan fingerprint density at radius 2 is 1.85 bits per heavy atom. The van der Waals surface area contributed by atoms with Crippen molar-refractivity contribution in [1.82, 2.24) is 5.32 Å². The Morgan fingerprint density at radius 1 is 1.22 bits per heavy atom. The number of rotatable bonds is 8. The summed E-state index contributed by atoms with van der Waals surface area (Å²) in [7, 11) is 1.69. The van der Waals surface area contributed by atoms with E-state index in [9.17, 15) is 0 Å². The molecule has 0 amide bonds. The van der Waals surface area contributed by atoms with Crippen molar-refractivity contribution in [1.29, 1.82) is 0 Å². The number of methoxy groups -OCH3 is 1. The standard InChI is InChI=1S/C22H30BrNO3/c1-4-9-21(10-12-22(13-11-21)26-14-15-27-22)24-20(17(2)23)16-18-5-7-19(25-3)8-6-18/h4-8,20,24H,1-2,9-16H2,3H3/t20-/m0/s1. The fraction of sp³-hybridized carbons (Fsp3) is 0.545. The summed E-state index contributed by atoms with van der Waals surface area (Å²) in [5.74, 6) is 0.515. The first kappa shape index (κ1) is 20.6. The third-order valence-electron chi connectivity index (χ3n) is 5.77. The summed E-state index contributed by atoms with van der Waals surface area (Å²) in [4.78, 5) is 0. The lowest BCUT2D eigenvalue weighted by atomic mass is 9.76. The van der Waals surface area contributed by atoms with Gasteiger partial charge in [-0.3, -0.25) is 0 Å². The van der Waals surface area contributed by atoms with Gasteiger partial charge in [0.2, 0.25) is 0 Å². The second kappa shape index (κ2) is 8.91. The molecular formula is C22H30BrNO3. The summed E-state index contributed by atoms with van der Waals surface area (Å²) >= 11 is 3.63. The Morgan fingerprint density at radius 3 is 2.37 bits per heavy atom. The molecule has 1 heterocycles. The molecule has 0 unspecified atom stereocenters. The summed E-state index contributed by atoms with van der Waals surface area (Å²) in [5.41, 5.74) is 1.24. The minimum atomic E-state index is -0.358. The van der Waals surface area contributed by atoms with Crippen LogP contribution in [0.3, 0.4) is 0 Å². The molecule has 1 saturated carbocycles. The van der Waals surface area contributed by atoms with Crippen molar-refractivity contribution in [2.24, 2.45) is 0 Å². The first-order valence-corrected chi connectivity index (χ1v) is 10.4. The van der Waals surface area contributed by atoms with Gasteiger partial charge < -0.3 is 19.5 Å². The predicted octanol–water partition coefficient (Wildman–Crippen LogP) is 4.74. The second-order valence-electron chi connectivity index (χ2n) is 7.58. The molecule has 4 nitrogen and oxygen atoms in total. The highest BCUT2D eigenvalue weighted by atomic mass is 79.9. The average Bonchev–Trinajstić information content (AvgIpc) is 3.13. The molecular weight excluding hydrogens is 406 g/mol. The van der Waals surface area contributed by atoms with Gasteiger partial charge in [0, 0.05) is 28.9 Å². The minimum Gasteiger partial charge on any atom is -0.497 e. The molecule has 5 heteroatoms. The Hall–Kier alpha value is -1.14. The highest BCUT2D eigenvalue weighted by Gasteiger charge is 2.46. The van der Waals surface area contributed by atoms with Crippen LogP contribution in [0, 0.1) is 0 Å². The topological polar surface area (TPSA) is 39.7 Å². The Kier molecular flexibility index (Phi) is 6.79. The monoisotopic (exact) mass is 435 g/mol. The molecule has 0 radical (unpaired) electrons. The van der Waals surface area contributed by atoms with E-state index in [1.54, 1.807) is 7.11 Å². The fourth-order valence-electron chi connectivity index (χ4n) is 4.19. The molecule has 2 fully saturated rings. The van der Waals surface area contributed by atoms with Gasteiger partial charge in [0.05, 0.1) is 20.3 Å². The maximum atomic E-state index is 5.91. The Bertz CT molecular complexity index is 642. The van der Waals surface area contributed by atoms with E-state index in [0.717, 1.165) is 48.8 Å². The maximum absolute atomic E-state index is 5.91. The van der Waals surface area contributed by atoms with Crippen LogP contribution in [0.25, 0.3) is 0 Å². The van der Waals surface area contributed by atoms with E-state index in [1.165, 1.54) is 5.56 Å². The zero-order chi connectivity index (χ0) is 19.3. The van der Waals surface area contributed by atoms with Gasteiger partial charge in [-0.15, -0.1) is 6.58 Å². The molecule has 3 rings (SSSR count). The maximum Gasteiger partial charge on any atom is 0.168 e. The van der Waals surface area contributed by atoms with E-state index in [-0.39, 0.29) is 17.4 Å². The number of halogens is 1. The second-order valence-corrected chi connectivity index (χ2v) is 8.60. The van der Waals surface area contributed by atoms with Crippen LogP contribution in [-0.4, -0.2) is 37.7 Å². The van der Waals surface area contributed by atoms with Gasteiger partial charge in [0.1, 0.15) is 5.75 Å². The lowest BCUT2D eigenvalue weighted by molar-refractivity contribution is -0.186. The quantitative estimate of drug-likeness (QED) is 0.598. The lowest BCUT2D eigenvalue weighted by Gasteiger charge is -2.46. The number of hydrogen-bond donors (Lipinski definition) is 1. The molecule has 148 valence electrons. The molecule has 1 aromatic rings.